The summed E-state index contributed by atoms with van der Waals surface area (Å²) in [6.07, 6.45) is 0. The van der Waals surface area contributed by atoms with Crippen LogP contribution >= 0.6 is 0 Å². The van der Waals surface area contributed by atoms with Crippen molar-refractivity contribution in [1.82, 2.24) is 4.98 Å². The minimum absolute atomic E-state index is 0.0123. The largest absolute Gasteiger partial charge is 0.440 e. The second-order valence-corrected chi connectivity index (χ2v) is 7.33. The summed E-state index contributed by atoms with van der Waals surface area (Å²) in [5.74, 6) is -5.27. The molecular formula is C16H12F2N2O3S. The Labute approximate surface area is 136 Å². The fourth-order valence-electron chi connectivity index (χ4n) is 2.94. The van der Waals surface area contributed by atoms with Gasteiger partial charge in [0, 0.05) is 0 Å². The van der Waals surface area contributed by atoms with Gasteiger partial charge in [-0.25, -0.2) is 27.3 Å². The first kappa shape index (κ1) is 15.2. The Bertz CT molecular complexity index is 996. The van der Waals surface area contributed by atoms with Crippen molar-refractivity contribution >= 4 is 21.1 Å². The van der Waals surface area contributed by atoms with E-state index in [0.717, 1.165) is 0 Å². The summed E-state index contributed by atoms with van der Waals surface area (Å²) in [7, 11) is -3.86. The smallest absolute Gasteiger partial charge is 0.268 e. The standard InChI is InChI=1S/C16H12F2N2O3S/c17-16(18)13(9-5-7-10(8-6-9)24(19,21)22)14(16)15-20-11-3-1-2-4-12(11)23-15/h1-8,13-14H,(H2,19,21,22)/t13-,14+/m0/s1. The van der Waals surface area contributed by atoms with E-state index in [0.29, 0.717) is 16.7 Å². The van der Waals surface area contributed by atoms with Crippen molar-refractivity contribution in [1.29, 1.82) is 0 Å². The SMILES string of the molecule is NS(=O)(=O)c1ccc([C@H]2[C@H](c3nc4ccccc4o3)C2(F)F)cc1. The van der Waals surface area contributed by atoms with E-state index in [-0.39, 0.29) is 10.8 Å². The van der Waals surface area contributed by atoms with E-state index in [1.54, 1.807) is 24.3 Å². The molecule has 0 bridgehead atoms. The average molecular weight is 350 g/mol. The number of fused-ring (bicyclic) bond motifs is 1. The summed E-state index contributed by atoms with van der Waals surface area (Å²) in [6, 6.07) is 12.0. The number of aromatic nitrogens is 1. The lowest BCUT2D eigenvalue weighted by Gasteiger charge is -2.01. The Morgan fingerprint density at radius 3 is 2.33 bits per heavy atom. The molecule has 1 saturated carbocycles. The Morgan fingerprint density at radius 2 is 1.71 bits per heavy atom. The molecule has 8 heteroatoms. The van der Waals surface area contributed by atoms with Gasteiger partial charge in [-0.15, -0.1) is 0 Å². The molecule has 1 aliphatic carbocycles. The molecule has 4 rings (SSSR count). The average Bonchev–Trinajstić information content (AvgIpc) is 2.90. The van der Waals surface area contributed by atoms with Gasteiger partial charge in [0.05, 0.1) is 10.8 Å². The summed E-state index contributed by atoms with van der Waals surface area (Å²) >= 11 is 0. The fraction of sp³-hybridized carbons (Fsp3) is 0.188. The van der Waals surface area contributed by atoms with Crippen molar-refractivity contribution in [3.05, 3.63) is 60.0 Å². The Morgan fingerprint density at radius 1 is 1.04 bits per heavy atom. The van der Waals surface area contributed by atoms with Crippen LogP contribution in [0, 0.1) is 0 Å². The number of rotatable bonds is 3. The lowest BCUT2D eigenvalue weighted by molar-refractivity contribution is 0.101. The lowest BCUT2D eigenvalue weighted by Crippen LogP contribution is -2.11. The highest BCUT2D eigenvalue weighted by Crippen LogP contribution is 2.67. The maximum atomic E-state index is 14.3. The Hall–Kier alpha value is -2.32. The van der Waals surface area contributed by atoms with Crippen LogP contribution in [0.2, 0.25) is 0 Å². The van der Waals surface area contributed by atoms with Crippen molar-refractivity contribution in [2.75, 3.05) is 0 Å². The molecule has 24 heavy (non-hydrogen) atoms. The van der Waals surface area contributed by atoms with E-state index in [9.17, 15) is 17.2 Å². The Kier molecular flexibility index (Phi) is 3.07. The molecule has 5 nitrogen and oxygen atoms in total. The number of para-hydroxylation sites is 2. The van der Waals surface area contributed by atoms with Crippen LogP contribution in [0.25, 0.3) is 11.1 Å². The fourth-order valence-corrected chi connectivity index (χ4v) is 3.45. The number of hydrogen-bond acceptors (Lipinski definition) is 4. The number of benzene rings is 2. The first-order chi connectivity index (χ1) is 11.3. The molecule has 2 aromatic carbocycles. The van der Waals surface area contributed by atoms with Crippen LogP contribution in [0.4, 0.5) is 8.78 Å². The van der Waals surface area contributed by atoms with E-state index in [1.165, 1.54) is 24.3 Å². The summed E-state index contributed by atoms with van der Waals surface area (Å²) in [4.78, 5) is 4.02. The number of nitrogens with zero attached hydrogens (tertiary/aromatic N) is 1. The quantitative estimate of drug-likeness (QED) is 0.787. The second kappa shape index (κ2) is 4.84. The molecule has 0 saturated heterocycles. The molecule has 0 radical (unpaired) electrons. The van der Waals surface area contributed by atoms with Gasteiger partial charge in [0.15, 0.2) is 5.58 Å². The van der Waals surface area contributed by atoms with Gasteiger partial charge in [0.25, 0.3) is 5.92 Å². The zero-order valence-corrected chi connectivity index (χ0v) is 13.0. The normalized spacial score (nSPS) is 22.6. The van der Waals surface area contributed by atoms with Crippen LogP contribution in [0.1, 0.15) is 23.3 Å². The molecule has 2 atom stereocenters. The summed E-state index contributed by atoms with van der Waals surface area (Å²) in [6.45, 7) is 0. The molecule has 2 N–H and O–H groups in total. The molecule has 124 valence electrons. The first-order valence-electron chi connectivity index (χ1n) is 7.14. The minimum atomic E-state index is -3.86. The highest BCUT2D eigenvalue weighted by atomic mass is 32.2. The molecule has 3 aromatic rings. The highest BCUT2D eigenvalue weighted by molar-refractivity contribution is 7.89. The third-order valence-corrected chi connectivity index (χ3v) is 5.13. The lowest BCUT2D eigenvalue weighted by atomic mass is 10.1. The van der Waals surface area contributed by atoms with Gasteiger partial charge < -0.3 is 4.42 Å². The number of nitrogens with two attached hydrogens (primary N) is 1. The maximum Gasteiger partial charge on any atom is 0.268 e. The van der Waals surface area contributed by atoms with Gasteiger partial charge in [-0.05, 0) is 29.8 Å². The number of halogens is 2. The molecular weight excluding hydrogens is 338 g/mol. The molecule has 1 aliphatic rings. The van der Waals surface area contributed by atoms with Gasteiger partial charge in [-0.3, -0.25) is 0 Å². The molecule has 1 aromatic heterocycles. The van der Waals surface area contributed by atoms with Crippen LogP contribution < -0.4 is 5.14 Å². The van der Waals surface area contributed by atoms with Crippen molar-refractivity contribution in [2.45, 2.75) is 22.7 Å². The van der Waals surface area contributed by atoms with Gasteiger partial charge in [-0.2, -0.15) is 0 Å². The van der Waals surface area contributed by atoms with Crippen LogP contribution in [0.5, 0.6) is 0 Å². The zero-order valence-electron chi connectivity index (χ0n) is 12.2. The monoisotopic (exact) mass is 350 g/mol. The first-order valence-corrected chi connectivity index (χ1v) is 8.69. The van der Waals surface area contributed by atoms with E-state index in [4.69, 9.17) is 9.56 Å². The summed E-state index contributed by atoms with van der Waals surface area (Å²) < 4.78 is 56.4. The van der Waals surface area contributed by atoms with Crippen molar-refractivity contribution < 1.29 is 21.6 Å². The zero-order chi connectivity index (χ0) is 17.1. The Balaban J connectivity index is 1.69. The highest BCUT2D eigenvalue weighted by Gasteiger charge is 2.71. The van der Waals surface area contributed by atoms with Crippen LogP contribution in [-0.4, -0.2) is 19.3 Å². The van der Waals surface area contributed by atoms with Crippen LogP contribution in [0.15, 0.2) is 57.8 Å². The van der Waals surface area contributed by atoms with Crippen molar-refractivity contribution in [3.63, 3.8) is 0 Å². The van der Waals surface area contributed by atoms with Crippen molar-refractivity contribution in [3.8, 4) is 0 Å². The third kappa shape index (κ3) is 2.30. The summed E-state index contributed by atoms with van der Waals surface area (Å²) in [5.41, 5.74) is 1.30. The van der Waals surface area contributed by atoms with E-state index < -0.39 is 27.8 Å². The van der Waals surface area contributed by atoms with Gasteiger partial charge in [0.2, 0.25) is 15.9 Å². The topological polar surface area (TPSA) is 86.2 Å². The number of alkyl halides is 2. The molecule has 0 spiro atoms. The number of oxazole rings is 1. The van der Waals surface area contributed by atoms with E-state index >= 15 is 0 Å². The van der Waals surface area contributed by atoms with Crippen molar-refractivity contribution in [2.24, 2.45) is 5.14 Å². The number of hydrogen-bond donors (Lipinski definition) is 1. The molecule has 1 fully saturated rings. The maximum absolute atomic E-state index is 14.3. The van der Waals surface area contributed by atoms with Gasteiger partial charge in [0.1, 0.15) is 11.4 Å². The van der Waals surface area contributed by atoms with Gasteiger partial charge >= 0.3 is 0 Å². The molecule has 0 unspecified atom stereocenters. The van der Waals surface area contributed by atoms with Gasteiger partial charge in [-0.1, -0.05) is 24.3 Å². The molecule has 0 amide bonds. The van der Waals surface area contributed by atoms with Crippen LogP contribution in [0.3, 0.4) is 0 Å². The van der Waals surface area contributed by atoms with Crippen LogP contribution in [-0.2, 0) is 10.0 Å². The van der Waals surface area contributed by atoms with E-state index in [1.807, 2.05) is 0 Å². The predicted molar refractivity (Wildman–Crippen MR) is 82.3 cm³/mol. The molecule has 1 heterocycles. The number of sulfonamides is 1. The second-order valence-electron chi connectivity index (χ2n) is 5.76. The van der Waals surface area contributed by atoms with E-state index in [2.05, 4.69) is 4.98 Å². The minimum Gasteiger partial charge on any atom is -0.440 e. The summed E-state index contributed by atoms with van der Waals surface area (Å²) in [5, 5.41) is 5.01. The third-order valence-electron chi connectivity index (χ3n) is 4.20. The number of primary sulfonamides is 1. The molecule has 0 aliphatic heterocycles. The predicted octanol–water partition coefficient (Wildman–Crippen LogP) is 2.99.